The van der Waals surface area contributed by atoms with Crippen molar-refractivity contribution >= 4 is 10.9 Å². The van der Waals surface area contributed by atoms with Crippen molar-refractivity contribution in [1.29, 1.82) is 0 Å². The number of nitrogens with two attached hydrogens (primary N) is 1. The van der Waals surface area contributed by atoms with Crippen molar-refractivity contribution in [2.75, 3.05) is 0 Å². The molecule has 88 valence electrons. The van der Waals surface area contributed by atoms with Gasteiger partial charge in [-0.3, -0.25) is 4.98 Å². The first-order valence-corrected chi connectivity index (χ1v) is 6.03. The molecule has 1 unspecified atom stereocenters. The number of nitrogens with zero attached hydrogens (tertiary/aromatic N) is 1. The van der Waals surface area contributed by atoms with Crippen LogP contribution in [0.15, 0.2) is 49.2 Å². The second kappa shape index (κ2) is 5.60. The average molecular weight is 226 g/mol. The molecular weight excluding hydrogens is 208 g/mol. The molecule has 2 aromatic rings. The Morgan fingerprint density at radius 1 is 1.29 bits per heavy atom. The summed E-state index contributed by atoms with van der Waals surface area (Å²) in [7, 11) is 0. The fourth-order valence-electron chi connectivity index (χ4n) is 2.08. The fraction of sp³-hybridized carbons (Fsp3) is 0.267. The summed E-state index contributed by atoms with van der Waals surface area (Å²) in [5.41, 5.74) is 8.45. The van der Waals surface area contributed by atoms with E-state index in [2.05, 4.69) is 17.6 Å². The van der Waals surface area contributed by atoms with Crippen LogP contribution in [0.5, 0.6) is 0 Å². The topological polar surface area (TPSA) is 38.9 Å². The van der Waals surface area contributed by atoms with E-state index in [9.17, 15) is 0 Å². The fourth-order valence-corrected chi connectivity index (χ4v) is 2.08. The molecule has 0 spiro atoms. The molecule has 0 saturated heterocycles. The monoisotopic (exact) mass is 226 g/mol. The maximum atomic E-state index is 6.24. The van der Waals surface area contributed by atoms with E-state index in [0.29, 0.717) is 0 Å². The second-order valence-electron chi connectivity index (χ2n) is 4.24. The van der Waals surface area contributed by atoms with Gasteiger partial charge in [-0.2, -0.15) is 0 Å². The lowest BCUT2D eigenvalue weighted by Crippen LogP contribution is -2.10. The molecule has 0 bridgehead atoms. The Balaban J connectivity index is 2.25. The summed E-state index contributed by atoms with van der Waals surface area (Å²) in [6.45, 7) is 3.73. The molecule has 0 aliphatic heterocycles. The summed E-state index contributed by atoms with van der Waals surface area (Å²) in [6.07, 6.45) is 6.88. The molecule has 1 heterocycles. The number of para-hydroxylation sites is 1. The Bertz CT molecular complexity index is 500. The smallest absolute Gasteiger partial charge is 0.0705 e. The highest BCUT2D eigenvalue weighted by atomic mass is 14.7. The quantitative estimate of drug-likeness (QED) is 0.625. The Morgan fingerprint density at radius 2 is 2.12 bits per heavy atom. The Labute approximate surface area is 102 Å². The summed E-state index contributed by atoms with van der Waals surface area (Å²) >= 11 is 0. The molecular formula is C15H18N2. The van der Waals surface area contributed by atoms with Gasteiger partial charge in [0.25, 0.3) is 0 Å². The highest BCUT2D eigenvalue weighted by Gasteiger charge is 2.09. The summed E-state index contributed by atoms with van der Waals surface area (Å²) in [5.74, 6) is 0. The van der Waals surface area contributed by atoms with Crippen LogP contribution in [0.25, 0.3) is 10.9 Å². The molecule has 0 radical (unpaired) electrons. The average Bonchev–Trinajstić information content (AvgIpc) is 2.38. The molecule has 0 saturated carbocycles. The van der Waals surface area contributed by atoms with E-state index in [0.717, 1.165) is 24.8 Å². The van der Waals surface area contributed by atoms with Gasteiger partial charge in [0.1, 0.15) is 0 Å². The van der Waals surface area contributed by atoms with Gasteiger partial charge in [0.2, 0.25) is 0 Å². The van der Waals surface area contributed by atoms with Gasteiger partial charge >= 0.3 is 0 Å². The number of pyridine rings is 1. The number of allylic oxidation sites excluding steroid dienone is 1. The third-order valence-electron chi connectivity index (χ3n) is 3.01. The standard InChI is InChI=1S/C15H18N2/c1-2-3-4-8-14(16)12-10-11-17-15-9-6-5-7-13(12)15/h2,5-7,9-11,14H,1,3-4,8,16H2. The maximum Gasteiger partial charge on any atom is 0.0705 e. The van der Waals surface area contributed by atoms with Gasteiger partial charge in [0.15, 0.2) is 0 Å². The van der Waals surface area contributed by atoms with Gasteiger partial charge in [0, 0.05) is 17.6 Å². The Morgan fingerprint density at radius 3 is 2.94 bits per heavy atom. The second-order valence-corrected chi connectivity index (χ2v) is 4.24. The summed E-state index contributed by atoms with van der Waals surface area (Å²) in [5, 5.41) is 1.17. The normalized spacial score (nSPS) is 12.5. The Hall–Kier alpha value is -1.67. The highest BCUT2D eigenvalue weighted by Crippen LogP contribution is 2.24. The van der Waals surface area contributed by atoms with Gasteiger partial charge in [-0.05, 0) is 37.0 Å². The van der Waals surface area contributed by atoms with Gasteiger partial charge in [-0.15, -0.1) is 6.58 Å². The maximum absolute atomic E-state index is 6.24. The number of rotatable bonds is 5. The molecule has 2 nitrogen and oxygen atoms in total. The van der Waals surface area contributed by atoms with E-state index in [1.807, 2.05) is 36.5 Å². The van der Waals surface area contributed by atoms with Gasteiger partial charge in [-0.1, -0.05) is 24.3 Å². The molecule has 2 rings (SSSR count). The van der Waals surface area contributed by atoms with Crippen LogP contribution in [0.4, 0.5) is 0 Å². The highest BCUT2D eigenvalue weighted by molar-refractivity contribution is 5.82. The van der Waals surface area contributed by atoms with E-state index in [1.54, 1.807) is 0 Å². The van der Waals surface area contributed by atoms with Crippen molar-refractivity contribution in [3.63, 3.8) is 0 Å². The van der Waals surface area contributed by atoms with Gasteiger partial charge < -0.3 is 5.73 Å². The molecule has 2 heteroatoms. The molecule has 0 amide bonds. The Kier molecular flexibility index (Phi) is 3.89. The zero-order valence-electron chi connectivity index (χ0n) is 9.97. The molecule has 1 aromatic heterocycles. The first-order chi connectivity index (χ1) is 8.33. The van der Waals surface area contributed by atoms with E-state index in [1.165, 1.54) is 10.9 Å². The van der Waals surface area contributed by atoms with E-state index in [4.69, 9.17) is 5.73 Å². The van der Waals surface area contributed by atoms with Crippen LogP contribution >= 0.6 is 0 Å². The van der Waals surface area contributed by atoms with Crippen LogP contribution in [0.1, 0.15) is 30.9 Å². The summed E-state index contributed by atoms with van der Waals surface area (Å²) in [4.78, 5) is 4.35. The predicted octanol–water partition coefficient (Wildman–Crippen LogP) is 3.59. The van der Waals surface area contributed by atoms with E-state index in [-0.39, 0.29) is 6.04 Å². The number of hydrogen-bond donors (Lipinski definition) is 1. The third kappa shape index (κ3) is 2.71. The molecule has 17 heavy (non-hydrogen) atoms. The van der Waals surface area contributed by atoms with Crippen LogP contribution in [-0.2, 0) is 0 Å². The zero-order chi connectivity index (χ0) is 12.1. The molecule has 2 N–H and O–H groups in total. The first kappa shape index (κ1) is 11.8. The molecule has 1 atom stereocenters. The third-order valence-corrected chi connectivity index (χ3v) is 3.01. The van der Waals surface area contributed by atoms with Crippen molar-refractivity contribution in [2.45, 2.75) is 25.3 Å². The number of hydrogen-bond acceptors (Lipinski definition) is 2. The lowest BCUT2D eigenvalue weighted by atomic mass is 9.98. The lowest BCUT2D eigenvalue weighted by molar-refractivity contribution is 0.620. The van der Waals surface area contributed by atoms with Crippen molar-refractivity contribution in [3.8, 4) is 0 Å². The van der Waals surface area contributed by atoms with Crippen LogP contribution in [0.2, 0.25) is 0 Å². The molecule has 1 aromatic carbocycles. The van der Waals surface area contributed by atoms with E-state index >= 15 is 0 Å². The van der Waals surface area contributed by atoms with Crippen LogP contribution < -0.4 is 5.73 Å². The van der Waals surface area contributed by atoms with Crippen molar-refractivity contribution < 1.29 is 0 Å². The van der Waals surface area contributed by atoms with Crippen molar-refractivity contribution in [3.05, 3.63) is 54.7 Å². The first-order valence-electron chi connectivity index (χ1n) is 6.03. The molecule has 0 fully saturated rings. The SMILES string of the molecule is C=CCCCC(N)c1ccnc2ccccc12. The number of aromatic nitrogens is 1. The van der Waals surface area contributed by atoms with Crippen molar-refractivity contribution in [2.24, 2.45) is 5.73 Å². The predicted molar refractivity (Wildman–Crippen MR) is 72.7 cm³/mol. The number of fused-ring (bicyclic) bond motifs is 1. The van der Waals surface area contributed by atoms with Crippen LogP contribution in [0, 0.1) is 0 Å². The molecule has 0 aliphatic carbocycles. The van der Waals surface area contributed by atoms with Gasteiger partial charge in [0.05, 0.1) is 5.52 Å². The minimum absolute atomic E-state index is 0.0860. The minimum atomic E-state index is 0.0860. The van der Waals surface area contributed by atoms with Crippen LogP contribution in [-0.4, -0.2) is 4.98 Å². The molecule has 0 aliphatic rings. The van der Waals surface area contributed by atoms with Gasteiger partial charge in [-0.25, -0.2) is 0 Å². The van der Waals surface area contributed by atoms with Crippen molar-refractivity contribution in [1.82, 2.24) is 4.98 Å². The van der Waals surface area contributed by atoms with E-state index < -0.39 is 0 Å². The summed E-state index contributed by atoms with van der Waals surface area (Å²) in [6, 6.07) is 10.3. The lowest BCUT2D eigenvalue weighted by Gasteiger charge is -2.13. The largest absolute Gasteiger partial charge is 0.324 e. The minimum Gasteiger partial charge on any atom is -0.324 e. The van der Waals surface area contributed by atoms with Crippen LogP contribution in [0.3, 0.4) is 0 Å². The zero-order valence-corrected chi connectivity index (χ0v) is 9.97. The number of unbranched alkanes of at least 4 members (excludes halogenated alkanes) is 1. The summed E-state index contributed by atoms with van der Waals surface area (Å²) < 4.78 is 0. The number of benzene rings is 1.